The molecule has 4 heteroatoms. The van der Waals surface area contributed by atoms with Gasteiger partial charge in [0.2, 0.25) is 0 Å². The summed E-state index contributed by atoms with van der Waals surface area (Å²) in [6, 6.07) is 0. The highest BCUT2D eigenvalue weighted by molar-refractivity contribution is 6.37. The van der Waals surface area contributed by atoms with E-state index in [2.05, 4.69) is 6.58 Å². The van der Waals surface area contributed by atoms with E-state index in [-0.39, 0.29) is 5.38 Å². The molecule has 0 heterocycles. The van der Waals surface area contributed by atoms with Gasteiger partial charge in [0.25, 0.3) is 0 Å². The molecule has 0 aromatic rings. The number of carbonyl (C=O) groups excluding carboxylic acids is 1. The van der Waals surface area contributed by atoms with Gasteiger partial charge in [0.15, 0.2) is 6.29 Å². The Labute approximate surface area is 88.2 Å². The van der Waals surface area contributed by atoms with Crippen molar-refractivity contribution in [2.45, 2.75) is 24.8 Å². The molecule has 74 valence electrons. The first-order valence-corrected chi connectivity index (χ1v) is 4.63. The Morgan fingerprint density at radius 1 is 1.69 bits per heavy atom. The number of rotatable bonds is 6. The number of carbonyl (C=O) groups is 1. The third-order valence-electron chi connectivity index (χ3n) is 1.26. The molecule has 0 aliphatic rings. The van der Waals surface area contributed by atoms with Crippen molar-refractivity contribution in [3.05, 3.63) is 23.9 Å². The summed E-state index contributed by atoms with van der Waals surface area (Å²) in [5.74, 6) is 0. The number of hydrogen-bond donors (Lipinski definition) is 0. The molecule has 0 spiro atoms. The monoisotopic (exact) mass is 222 g/mol. The summed E-state index contributed by atoms with van der Waals surface area (Å²) in [5, 5.41) is 0.0998. The van der Waals surface area contributed by atoms with Crippen molar-refractivity contribution in [1.82, 2.24) is 0 Å². The normalized spacial score (nSPS) is 15.3. The second-order valence-electron chi connectivity index (χ2n) is 2.50. The summed E-state index contributed by atoms with van der Waals surface area (Å²) in [6.07, 6.45) is 3.96. The van der Waals surface area contributed by atoms with Crippen LogP contribution in [-0.2, 0) is 9.53 Å². The molecular weight excluding hydrogens is 211 g/mol. The van der Waals surface area contributed by atoms with Crippen molar-refractivity contribution < 1.29 is 9.53 Å². The minimum absolute atomic E-state index is 0.298. The zero-order valence-electron chi connectivity index (χ0n) is 7.37. The molecule has 0 radical (unpaired) electrons. The van der Waals surface area contributed by atoms with E-state index in [0.29, 0.717) is 17.7 Å². The smallest absolute Gasteiger partial charge is 0.160 e. The first-order chi connectivity index (χ1) is 6.07. The molecule has 2 nitrogen and oxygen atoms in total. The van der Waals surface area contributed by atoms with E-state index in [0.717, 1.165) is 0 Å². The predicted molar refractivity (Wildman–Crippen MR) is 55.0 cm³/mol. The Morgan fingerprint density at radius 2 is 2.31 bits per heavy atom. The van der Waals surface area contributed by atoms with Gasteiger partial charge in [-0.05, 0) is 19.4 Å². The number of alkyl halides is 1. The average molecular weight is 223 g/mol. The second kappa shape index (κ2) is 6.98. The van der Waals surface area contributed by atoms with Gasteiger partial charge in [-0.2, -0.15) is 0 Å². The van der Waals surface area contributed by atoms with Gasteiger partial charge in [0.1, 0.15) is 6.10 Å². The lowest BCUT2D eigenvalue weighted by Crippen LogP contribution is -2.04. The minimum Gasteiger partial charge on any atom is -0.491 e. The van der Waals surface area contributed by atoms with Crippen LogP contribution in [0.3, 0.4) is 0 Å². The second-order valence-corrected chi connectivity index (χ2v) is 3.51. The fraction of sp³-hybridized carbons (Fsp3) is 0.444. The molecule has 0 saturated heterocycles. The summed E-state index contributed by atoms with van der Waals surface area (Å²) < 4.78 is 4.94. The third-order valence-corrected chi connectivity index (χ3v) is 2.08. The van der Waals surface area contributed by atoms with Crippen molar-refractivity contribution in [3.63, 3.8) is 0 Å². The molecule has 0 fully saturated rings. The largest absolute Gasteiger partial charge is 0.491 e. The van der Waals surface area contributed by atoms with E-state index in [9.17, 15) is 4.79 Å². The highest BCUT2D eigenvalue weighted by atomic mass is 35.5. The van der Waals surface area contributed by atoms with Gasteiger partial charge in [-0.15, -0.1) is 11.6 Å². The summed E-state index contributed by atoms with van der Waals surface area (Å²) in [4.78, 5) is 10.1. The topological polar surface area (TPSA) is 26.3 Å². The highest BCUT2D eigenvalue weighted by Crippen LogP contribution is 2.15. The van der Waals surface area contributed by atoms with E-state index in [1.165, 1.54) is 6.26 Å². The first kappa shape index (κ1) is 12.5. The minimum atomic E-state index is -0.427. The first-order valence-electron chi connectivity index (χ1n) is 3.82. The van der Waals surface area contributed by atoms with Gasteiger partial charge in [0, 0.05) is 5.03 Å². The standard InChI is InChI=1S/C9H12Cl2O2/c1-7(6-12)13-5-3-4-9(11)8(2)10/h3,5-7,9H,2,4H2,1H3/b5-3-. The fourth-order valence-electron chi connectivity index (χ4n) is 0.514. The van der Waals surface area contributed by atoms with Crippen molar-refractivity contribution in [1.29, 1.82) is 0 Å². The summed E-state index contributed by atoms with van der Waals surface area (Å²) in [5.41, 5.74) is 0. The van der Waals surface area contributed by atoms with E-state index in [1.54, 1.807) is 13.0 Å². The molecule has 0 aliphatic carbocycles. The Kier molecular flexibility index (Phi) is 6.73. The van der Waals surface area contributed by atoms with Gasteiger partial charge in [-0.1, -0.05) is 18.2 Å². The number of aldehydes is 1. The zero-order chi connectivity index (χ0) is 10.3. The van der Waals surface area contributed by atoms with Crippen LogP contribution in [0.1, 0.15) is 13.3 Å². The Bertz CT molecular complexity index is 202. The number of ether oxygens (including phenoxy) is 1. The molecule has 0 amide bonds. The molecule has 0 bridgehead atoms. The predicted octanol–water partition coefficient (Wildman–Crippen LogP) is 2.85. The van der Waals surface area contributed by atoms with E-state index in [4.69, 9.17) is 27.9 Å². The van der Waals surface area contributed by atoms with Crippen molar-refractivity contribution in [2.75, 3.05) is 0 Å². The van der Waals surface area contributed by atoms with Gasteiger partial charge >= 0.3 is 0 Å². The number of hydrogen-bond acceptors (Lipinski definition) is 2. The SMILES string of the molecule is C=C(Cl)C(Cl)C/C=C\OC(C)C=O. The summed E-state index contributed by atoms with van der Waals surface area (Å²) >= 11 is 11.3. The maximum atomic E-state index is 10.1. The highest BCUT2D eigenvalue weighted by Gasteiger charge is 2.03. The quantitative estimate of drug-likeness (QED) is 0.393. The van der Waals surface area contributed by atoms with E-state index < -0.39 is 6.10 Å². The van der Waals surface area contributed by atoms with E-state index >= 15 is 0 Å². The van der Waals surface area contributed by atoms with Gasteiger partial charge < -0.3 is 4.74 Å². The Morgan fingerprint density at radius 3 is 2.77 bits per heavy atom. The van der Waals surface area contributed by atoms with Crippen LogP contribution in [0.4, 0.5) is 0 Å². The fourth-order valence-corrected chi connectivity index (χ4v) is 0.706. The van der Waals surface area contributed by atoms with Gasteiger partial charge in [-0.25, -0.2) is 0 Å². The Balaban J connectivity index is 3.63. The van der Waals surface area contributed by atoms with Crippen molar-refractivity contribution in [2.24, 2.45) is 0 Å². The van der Waals surface area contributed by atoms with Crippen LogP contribution >= 0.6 is 23.2 Å². The van der Waals surface area contributed by atoms with Gasteiger partial charge in [-0.3, -0.25) is 4.79 Å². The summed E-state index contributed by atoms with van der Waals surface area (Å²) in [6.45, 7) is 5.14. The molecule has 0 aromatic carbocycles. The van der Waals surface area contributed by atoms with Crippen LogP contribution in [0.5, 0.6) is 0 Å². The molecule has 13 heavy (non-hydrogen) atoms. The van der Waals surface area contributed by atoms with Crippen LogP contribution in [-0.4, -0.2) is 17.8 Å². The van der Waals surface area contributed by atoms with Crippen LogP contribution in [0.25, 0.3) is 0 Å². The maximum absolute atomic E-state index is 10.1. The molecule has 2 atom stereocenters. The molecular formula is C9H12Cl2O2. The molecule has 0 aliphatic heterocycles. The van der Waals surface area contributed by atoms with Crippen LogP contribution in [0.2, 0.25) is 0 Å². The molecule has 0 aromatic heterocycles. The van der Waals surface area contributed by atoms with Crippen LogP contribution in [0, 0.1) is 0 Å². The lowest BCUT2D eigenvalue weighted by molar-refractivity contribution is -0.114. The molecule has 0 N–H and O–H groups in total. The van der Waals surface area contributed by atoms with Crippen LogP contribution < -0.4 is 0 Å². The van der Waals surface area contributed by atoms with Gasteiger partial charge in [0.05, 0.1) is 11.6 Å². The van der Waals surface area contributed by atoms with Crippen LogP contribution in [0.15, 0.2) is 23.9 Å². The molecule has 0 rings (SSSR count). The van der Waals surface area contributed by atoms with Crippen molar-refractivity contribution in [3.8, 4) is 0 Å². The van der Waals surface area contributed by atoms with Crippen molar-refractivity contribution >= 4 is 29.5 Å². The van der Waals surface area contributed by atoms with E-state index in [1.807, 2.05) is 0 Å². The summed E-state index contributed by atoms with van der Waals surface area (Å²) in [7, 11) is 0. The average Bonchev–Trinajstić information content (AvgIpc) is 2.11. The number of allylic oxidation sites excluding steroid dienone is 2. The molecule has 2 unspecified atom stereocenters. The Hall–Kier alpha value is -0.470. The lowest BCUT2D eigenvalue weighted by atomic mass is 10.3. The number of halogens is 2. The third kappa shape index (κ3) is 6.67. The lowest BCUT2D eigenvalue weighted by Gasteiger charge is -2.04. The zero-order valence-corrected chi connectivity index (χ0v) is 8.89. The maximum Gasteiger partial charge on any atom is 0.160 e. The molecule has 0 saturated carbocycles.